The predicted molar refractivity (Wildman–Crippen MR) is 60.7 cm³/mol. The summed E-state index contributed by atoms with van der Waals surface area (Å²) in [6.45, 7) is 3.74. The molecule has 0 aromatic carbocycles. The number of aromatic nitrogens is 2. The summed E-state index contributed by atoms with van der Waals surface area (Å²) in [4.78, 5) is 0. The molecule has 1 rings (SSSR count). The van der Waals surface area contributed by atoms with Crippen LogP contribution in [-0.2, 0) is 24.2 Å². The van der Waals surface area contributed by atoms with E-state index in [1.54, 1.807) is 6.92 Å². The van der Waals surface area contributed by atoms with Crippen LogP contribution >= 0.6 is 0 Å². The largest absolute Gasteiger partial charge is 0.748 e. The average molecular weight is 246 g/mol. The fourth-order valence-corrected chi connectivity index (χ4v) is 1.31. The van der Waals surface area contributed by atoms with Crippen LogP contribution in [0.3, 0.4) is 0 Å². The Morgan fingerprint density at radius 1 is 1.56 bits per heavy atom. The SMILES string of the molecule is CC=CCS(=O)(=O)[O-].Cc1n(C)cc[n+]1C. The van der Waals surface area contributed by atoms with Gasteiger partial charge in [-0.15, -0.1) is 0 Å². The highest BCUT2D eigenvalue weighted by Gasteiger charge is 2.00. The van der Waals surface area contributed by atoms with E-state index in [4.69, 9.17) is 0 Å². The Morgan fingerprint density at radius 2 is 2.12 bits per heavy atom. The molecule has 0 spiro atoms. The first-order valence-electron chi connectivity index (χ1n) is 4.80. The van der Waals surface area contributed by atoms with E-state index in [1.165, 1.54) is 18.0 Å². The molecule has 0 bridgehead atoms. The zero-order chi connectivity index (χ0) is 12.8. The fourth-order valence-electron chi connectivity index (χ4n) is 0.879. The maximum absolute atomic E-state index is 9.78. The van der Waals surface area contributed by atoms with Crippen molar-refractivity contribution in [3.8, 4) is 0 Å². The van der Waals surface area contributed by atoms with Gasteiger partial charge >= 0.3 is 0 Å². The maximum Gasteiger partial charge on any atom is 0.252 e. The summed E-state index contributed by atoms with van der Waals surface area (Å²) in [5.74, 6) is 0.869. The Kier molecular flexibility index (Phi) is 5.98. The Morgan fingerprint density at radius 3 is 2.25 bits per heavy atom. The smallest absolute Gasteiger partial charge is 0.252 e. The van der Waals surface area contributed by atoms with Gasteiger partial charge in [-0.1, -0.05) is 12.2 Å². The van der Waals surface area contributed by atoms with Crippen LogP contribution in [0, 0.1) is 6.92 Å². The molecule has 0 aliphatic heterocycles. The van der Waals surface area contributed by atoms with Gasteiger partial charge in [-0.2, -0.15) is 0 Å². The molecule has 92 valence electrons. The Balaban J connectivity index is 0.000000281. The van der Waals surface area contributed by atoms with Crippen molar-refractivity contribution in [3.63, 3.8) is 0 Å². The number of rotatable bonds is 2. The van der Waals surface area contributed by atoms with Crippen LogP contribution in [0.15, 0.2) is 24.5 Å². The summed E-state index contributed by atoms with van der Waals surface area (Å²) in [5.41, 5.74) is 0. The monoisotopic (exact) mass is 246 g/mol. The second-order valence-electron chi connectivity index (χ2n) is 3.36. The molecule has 0 amide bonds. The molecule has 1 heterocycles. The predicted octanol–water partition coefficient (Wildman–Crippen LogP) is 0.266. The lowest BCUT2D eigenvalue weighted by Gasteiger charge is -1.99. The van der Waals surface area contributed by atoms with Gasteiger partial charge in [-0.05, 0) is 6.92 Å². The third kappa shape index (κ3) is 6.36. The highest BCUT2D eigenvalue weighted by atomic mass is 32.2. The number of aryl methyl sites for hydroxylation is 2. The third-order valence-electron chi connectivity index (χ3n) is 2.07. The average Bonchev–Trinajstić information content (AvgIpc) is 2.46. The summed E-state index contributed by atoms with van der Waals surface area (Å²) in [6, 6.07) is 0. The molecular weight excluding hydrogens is 228 g/mol. The number of hydrogen-bond donors (Lipinski definition) is 0. The normalized spacial score (nSPS) is 11.3. The Labute approximate surface area is 96.8 Å². The summed E-state index contributed by atoms with van der Waals surface area (Å²) >= 11 is 0. The summed E-state index contributed by atoms with van der Waals surface area (Å²) in [6.07, 6.45) is 6.91. The minimum absolute atomic E-state index is 0.399. The van der Waals surface area contributed by atoms with E-state index >= 15 is 0 Å². The molecular formula is C10H18N2O3S. The van der Waals surface area contributed by atoms with Crippen molar-refractivity contribution < 1.29 is 17.5 Å². The molecule has 16 heavy (non-hydrogen) atoms. The van der Waals surface area contributed by atoms with Gasteiger partial charge in [-0.3, -0.25) is 0 Å². The quantitative estimate of drug-likeness (QED) is 0.427. The van der Waals surface area contributed by atoms with Crippen molar-refractivity contribution >= 4 is 10.1 Å². The highest BCUT2D eigenvalue weighted by molar-refractivity contribution is 7.85. The fraction of sp³-hybridized carbons (Fsp3) is 0.500. The van der Waals surface area contributed by atoms with Crippen LogP contribution in [0.2, 0.25) is 0 Å². The molecule has 0 aliphatic rings. The molecule has 5 nitrogen and oxygen atoms in total. The van der Waals surface area contributed by atoms with Gasteiger partial charge < -0.3 is 4.55 Å². The molecule has 0 radical (unpaired) electrons. The van der Waals surface area contributed by atoms with Gasteiger partial charge in [0, 0.05) is 6.92 Å². The first-order valence-corrected chi connectivity index (χ1v) is 6.38. The van der Waals surface area contributed by atoms with E-state index in [0.29, 0.717) is 0 Å². The molecule has 0 saturated carbocycles. The second-order valence-corrected chi connectivity index (χ2v) is 4.81. The van der Waals surface area contributed by atoms with Crippen molar-refractivity contribution in [2.45, 2.75) is 13.8 Å². The van der Waals surface area contributed by atoms with Crippen LogP contribution in [0.4, 0.5) is 0 Å². The number of allylic oxidation sites excluding steroid dienone is 1. The standard InChI is InChI=1S/C6H11N2.C4H8O3S/c1-6-7(2)4-5-8(6)3;1-2-3-4-8(5,6)7/h4-5H,1-3H3;2-3H,4H2,1H3,(H,5,6,7)/q+1;/p-1. The van der Waals surface area contributed by atoms with E-state index in [2.05, 4.69) is 16.1 Å². The van der Waals surface area contributed by atoms with E-state index in [0.717, 1.165) is 0 Å². The summed E-state index contributed by atoms with van der Waals surface area (Å²) < 4.78 is 33.5. The lowest BCUT2D eigenvalue weighted by molar-refractivity contribution is -0.677. The van der Waals surface area contributed by atoms with Crippen LogP contribution in [-0.4, -0.2) is 23.3 Å². The van der Waals surface area contributed by atoms with Gasteiger partial charge in [-0.25, -0.2) is 17.6 Å². The molecule has 0 saturated heterocycles. The van der Waals surface area contributed by atoms with Crippen molar-refractivity contribution in [1.82, 2.24) is 4.57 Å². The molecule has 1 aromatic heterocycles. The molecule has 0 atom stereocenters. The number of nitrogens with zero attached hydrogens (tertiary/aromatic N) is 2. The molecule has 0 aliphatic carbocycles. The van der Waals surface area contributed by atoms with Gasteiger partial charge in [0.05, 0.1) is 30.0 Å². The van der Waals surface area contributed by atoms with Gasteiger partial charge in [0.15, 0.2) is 0 Å². The van der Waals surface area contributed by atoms with E-state index in [1.807, 2.05) is 26.5 Å². The van der Waals surface area contributed by atoms with Crippen molar-refractivity contribution in [3.05, 3.63) is 30.4 Å². The minimum Gasteiger partial charge on any atom is -0.748 e. The van der Waals surface area contributed by atoms with Crippen molar-refractivity contribution in [1.29, 1.82) is 0 Å². The van der Waals surface area contributed by atoms with Crippen LogP contribution in [0.1, 0.15) is 12.7 Å². The topological polar surface area (TPSA) is 66.0 Å². The van der Waals surface area contributed by atoms with Gasteiger partial charge in [0.2, 0.25) is 0 Å². The van der Waals surface area contributed by atoms with Crippen molar-refractivity contribution in [2.75, 3.05) is 5.75 Å². The summed E-state index contributed by atoms with van der Waals surface area (Å²) in [7, 11) is 0.0510. The van der Waals surface area contributed by atoms with Crippen LogP contribution < -0.4 is 4.57 Å². The third-order valence-corrected chi connectivity index (χ3v) is 2.67. The van der Waals surface area contributed by atoms with Crippen LogP contribution in [0.5, 0.6) is 0 Å². The molecule has 0 fully saturated rings. The molecule has 1 aromatic rings. The lowest BCUT2D eigenvalue weighted by atomic mass is 10.6. The highest BCUT2D eigenvalue weighted by Crippen LogP contribution is 1.84. The first kappa shape index (κ1) is 14.9. The zero-order valence-electron chi connectivity index (χ0n) is 10.0. The molecule has 0 unspecified atom stereocenters. The van der Waals surface area contributed by atoms with Crippen molar-refractivity contribution in [2.24, 2.45) is 14.1 Å². The van der Waals surface area contributed by atoms with E-state index < -0.39 is 15.9 Å². The Bertz CT molecular complexity index is 427. The molecule has 6 heteroatoms. The van der Waals surface area contributed by atoms with E-state index in [-0.39, 0.29) is 0 Å². The zero-order valence-corrected chi connectivity index (χ0v) is 10.9. The number of hydrogen-bond acceptors (Lipinski definition) is 3. The van der Waals surface area contributed by atoms with Gasteiger partial charge in [0.25, 0.3) is 5.82 Å². The minimum atomic E-state index is -4.02. The lowest BCUT2D eigenvalue weighted by Crippen LogP contribution is -2.29. The van der Waals surface area contributed by atoms with E-state index in [9.17, 15) is 13.0 Å². The Hall–Kier alpha value is -1.14. The number of imidazole rings is 1. The first-order chi connectivity index (χ1) is 7.28. The molecule has 0 N–H and O–H groups in total. The van der Waals surface area contributed by atoms with Crippen LogP contribution in [0.25, 0.3) is 0 Å². The second kappa shape index (κ2) is 6.44. The van der Waals surface area contributed by atoms with Gasteiger partial charge in [0.1, 0.15) is 12.4 Å². The maximum atomic E-state index is 9.78. The summed E-state index contributed by atoms with van der Waals surface area (Å²) in [5, 5.41) is 0.